The highest BCUT2D eigenvalue weighted by molar-refractivity contribution is 9.10. The van der Waals surface area contributed by atoms with Crippen LogP contribution in [0, 0.1) is 22.2 Å². The minimum Gasteiger partial charge on any atom is -0.264 e. The van der Waals surface area contributed by atoms with Gasteiger partial charge in [-0.2, -0.15) is 5.26 Å². The summed E-state index contributed by atoms with van der Waals surface area (Å²) in [6.45, 7) is 11.1. The maximum absolute atomic E-state index is 9.33. The highest BCUT2D eigenvalue weighted by Crippen LogP contribution is 2.30. The van der Waals surface area contributed by atoms with Crippen molar-refractivity contribution in [1.29, 1.82) is 5.26 Å². The van der Waals surface area contributed by atoms with Crippen molar-refractivity contribution < 1.29 is 0 Å². The van der Waals surface area contributed by atoms with E-state index in [1.807, 2.05) is 18.5 Å². The van der Waals surface area contributed by atoms with Crippen LogP contribution in [0.4, 0.5) is 0 Å². The SMILES string of the molecule is CC(C)(C)Cc1cc(C#N)nc(CC(C)(C)Cc2ccncc2Br)c1. The Morgan fingerprint density at radius 1 is 1.08 bits per heavy atom. The largest absolute Gasteiger partial charge is 0.264 e. The Hall–Kier alpha value is -1.73. The molecule has 2 aromatic heterocycles. The maximum atomic E-state index is 9.33. The number of hydrogen-bond acceptors (Lipinski definition) is 3. The fourth-order valence-corrected chi connectivity index (χ4v) is 3.52. The summed E-state index contributed by atoms with van der Waals surface area (Å²) in [6.07, 6.45) is 6.35. The molecule has 0 aliphatic rings. The fourth-order valence-electron chi connectivity index (χ4n) is 3.13. The number of pyridine rings is 2. The Labute approximate surface area is 159 Å². The fraction of sp³-hybridized carbons (Fsp3) is 0.476. The average molecular weight is 400 g/mol. The third-order valence-electron chi connectivity index (χ3n) is 3.97. The van der Waals surface area contributed by atoms with E-state index in [1.165, 1.54) is 11.1 Å². The van der Waals surface area contributed by atoms with Crippen molar-refractivity contribution in [2.75, 3.05) is 0 Å². The molecule has 2 aromatic rings. The van der Waals surface area contributed by atoms with Crippen LogP contribution in [0.15, 0.2) is 35.1 Å². The number of hydrogen-bond donors (Lipinski definition) is 0. The molecule has 3 nitrogen and oxygen atoms in total. The number of nitriles is 1. The van der Waals surface area contributed by atoms with E-state index in [4.69, 9.17) is 0 Å². The highest BCUT2D eigenvalue weighted by Gasteiger charge is 2.22. The zero-order chi connectivity index (χ0) is 18.7. The molecule has 25 heavy (non-hydrogen) atoms. The van der Waals surface area contributed by atoms with Crippen molar-refractivity contribution in [3.8, 4) is 6.07 Å². The third-order valence-corrected chi connectivity index (χ3v) is 4.69. The zero-order valence-corrected chi connectivity index (χ0v) is 17.3. The van der Waals surface area contributed by atoms with Gasteiger partial charge in [0, 0.05) is 22.6 Å². The van der Waals surface area contributed by atoms with Crippen molar-refractivity contribution in [2.45, 2.75) is 53.9 Å². The van der Waals surface area contributed by atoms with E-state index in [2.05, 4.69) is 78.7 Å². The maximum Gasteiger partial charge on any atom is 0.141 e. The van der Waals surface area contributed by atoms with Gasteiger partial charge >= 0.3 is 0 Å². The lowest BCUT2D eigenvalue weighted by Gasteiger charge is -2.25. The number of nitrogens with zero attached hydrogens (tertiary/aromatic N) is 3. The van der Waals surface area contributed by atoms with Crippen LogP contribution >= 0.6 is 15.9 Å². The monoisotopic (exact) mass is 399 g/mol. The number of halogens is 1. The van der Waals surface area contributed by atoms with Gasteiger partial charge < -0.3 is 0 Å². The quantitative estimate of drug-likeness (QED) is 0.665. The van der Waals surface area contributed by atoms with Gasteiger partial charge in [-0.3, -0.25) is 4.98 Å². The molecule has 2 heterocycles. The van der Waals surface area contributed by atoms with Crippen molar-refractivity contribution in [3.63, 3.8) is 0 Å². The van der Waals surface area contributed by atoms with E-state index in [-0.39, 0.29) is 10.8 Å². The van der Waals surface area contributed by atoms with Gasteiger partial charge in [-0.05, 0) is 75.3 Å². The van der Waals surface area contributed by atoms with E-state index in [0.29, 0.717) is 5.69 Å². The summed E-state index contributed by atoms with van der Waals surface area (Å²) in [5.41, 5.74) is 4.15. The molecule has 0 aliphatic carbocycles. The van der Waals surface area contributed by atoms with Crippen molar-refractivity contribution in [1.82, 2.24) is 9.97 Å². The first-order valence-corrected chi connectivity index (χ1v) is 9.36. The molecule has 0 aliphatic heterocycles. The molecule has 0 atom stereocenters. The Morgan fingerprint density at radius 3 is 2.40 bits per heavy atom. The van der Waals surface area contributed by atoms with Crippen LogP contribution in [0.3, 0.4) is 0 Å². The van der Waals surface area contributed by atoms with Gasteiger partial charge in [0.25, 0.3) is 0 Å². The van der Waals surface area contributed by atoms with Crippen molar-refractivity contribution in [3.05, 3.63) is 57.6 Å². The second-order valence-corrected chi connectivity index (χ2v) is 9.54. The molecule has 0 spiro atoms. The van der Waals surface area contributed by atoms with Crippen LogP contribution in [-0.4, -0.2) is 9.97 Å². The lowest BCUT2D eigenvalue weighted by Crippen LogP contribution is -2.20. The van der Waals surface area contributed by atoms with E-state index in [1.54, 1.807) is 0 Å². The minimum absolute atomic E-state index is 0.0317. The number of aromatic nitrogens is 2. The summed E-state index contributed by atoms with van der Waals surface area (Å²) in [4.78, 5) is 8.68. The molecule has 0 fully saturated rings. The van der Waals surface area contributed by atoms with Crippen molar-refractivity contribution >= 4 is 15.9 Å². The molecule has 132 valence electrons. The molecule has 0 saturated heterocycles. The molecule has 0 N–H and O–H groups in total. The second kappa shape index (κ2) is 7.66. The van der Waals surface area contributed by atoms with Gasteiger partial charge in [-0.1, -0.05) is 34.6 Å². The minimum atomic E-state index is 0.0317. The first kappa shape index (κ1) is 19.6. The Morgan fingerprint density at radius 2 is 1.80 bits per heavy atom. The predicted molar refractivity (Wildman–Crippen MR) is 105 cm³/mol. The predicted octanol–water partition coefficient (Wildman–Crippen LogP) is 5.51. The lowest BCUT2D eigenvalue weighted by molar-refractivity contribution is 0.355. The third kappa shape index (κ3) is 6.25. The highest BCUT2D eigenvalue weighted by atomic mass is 79.9. The summed E-state index contributed by atoms with van der Waals surface area (Å²) < 4.78 is 1.04. The molecule has 0 saturated carbocycles. The van der Waals surface area contributed by atoms with Crippen LogP contribution in [0.5, 0.6) is 0 Å². The number of rotatable bonds is 5. The van der Waals surface area contributed by atoms with Gasteiger partial charge in [-0.15, -0.1) is 0 Å². The molecule has 0 amide bonds. The van der Waals surface area contributed by atoms with Gasteiger partial charge in [0.15, 0.2) is 0 Å². The normalized spacial score (nSPS) is 12.0. The summed E-state index contributed by atoms with van der Waals surface area (Å²) in [5.74, 6) is 0. The standard InChI is InChI=1S/C21H26BrN3/c1-20(2,3)10-15-8-17(25-18(9-15)13-23)12-21(4,5)11-16-6-7-24-14-19(16)22/h6-9,14H,10-12H2,1-5H3. The zero-order valence-electron chi connectivity index (χ0n) is 15.7. The molecule has 0 unspecified atom stereocenters. The van der Waals surface area contributed by atoms with E-state index in [9.17, 15) is 5.26 Å². The van der Waals surface area contributed by atoms with E-state index >= 15 is 0 Å². The smallest absolute Gasteiger partial charge is 0.141 e. The van der Waals surface area contributed by atoms with E-state index < -0.39 is 0 Å². The van der Waals surface area contributed by atoms with Crippen LogP contribution in [0.2, 0.25) is 0 Å². The Bertz CT molecular complexity index is 782. The summed E-state index contributed by atoms with van der Waals surface area (Å²) in [5, 5.41) is 9.33. The van der Waals surface area contributed by atoms with Crippen LogP contribution in [0.1, 0.15) is 57.1 Å². The topological polar surface area (TPSA) is 49.6 Å². The second-order valence-electron chi connectivity index (χ2n) is 8.69. The first-order chi connectivity index (χ1) is 11.6. The molecule has 0 bridgehead atoms. The van der Waals surface area contributed by atoms with Crippen molar-refractivity contribution in [2.24, 2.45) is 10.8 Å². The molecule has 0 radical (unpaired) electrons. The molecular weight excluding hydrogens is 374 g/mol. The molecule has 0 aromatic carbocycles. The van der Waals surface area contributed by atoms with E-state index in [0.717, 1.165) is 29.4 Å². The van der Waals surface area contributed by atoms with Gasteiger partial charge in [-0.25, -0.2) is 4.98 Å². The van der Waals surface area contributed by atoms with Gasteiger partial charge in [0.1, 0.15) is 11.8 Å². The average Bonchev–Trinajstić information content (AvgIpc) is 2.46. The van der Waals surface area contributed by atoms with Crippen LogP contribution in [0.25, 0.3) is 0 Å². The summed E-state index contributed by atoms with van der Waals surface area (Å²) in [7, 11) is 0. The lowest BCUT2D eigenvalue weighted by atomic mass is 9.81. The molecule has 4 heteroatoms. The van der Waals surface area contributed by atoms with Crippen LogP contribution < -0.4 is 0 Å². The Balaban J connectivity index is 2.24. The summed E-state index contributed by atoms with van der Waals surface area (Å²) >= 11 is 3.58. The molecular formula is C21H26BrN3. The summed E-state index contributed by atoms with van der Waals surface area (Å²) in [6, 6.07) is 8.34. The van der Waals surface area contributed by atoms with Gasteiger partial charge in [0.05, 0.1) is 0 Å². The van der Waals surface area contributed by atoms with Crippen LogP contribution in [-0.2, 0) is 19.3 Å². The van der Waals surface area contributed by atoms with Gasteiger partial charge in [0.2, 0.25) is 0 Å². The molecule has 2 rings (SSSR count). The first-order valence-electron chi connectivity index (χ1n) is 8.56. The Kier molecular flexibility index (Phi) is 6.00.